The quantitative estimate of drug-likeness (QED) is 0.410. The van der Waals surface area contributed by atoms with Crippen molar-refractivity contribution in [2.24, 2.45) is 46.3 Å². The second kappa shape index (κ2) is 10.4. The van der Waals surface area contributed by atoms with Crippen LogP contribution in [-0.4, -0.2) is 49.1 Å². The van der Waals surface area contributed by atoms with Crippen LogP contribution in [0.3, 0.4) is 0 Å². The average molecular weight is 604 g/mol. The molecule has 8 nitrogen and oxygen atoms in total. The van der Waals surface area contributed by atoms with E-state index in [2.05, 4.69) is 25.5 Å². The molecule has 0 bridgehead atoms. The lowest BCUT2D eigenvalue weighted by atomic mass is 9.43. The lowest BCUT2D eigenvalue weighted by molar-refractivity contribution is -0.174. The summed E-state index contributed by atoms with van der Waals surface area (Å²) >= 11 is 0. The molecule has 234 valence electrons. The van der Waals surface area contributed by atoms with Gasteiger partial charge in [-0.15, -0.1) is 0 Å². The number of amides is 1. The topological polar surface area (TPSA) is 122 Å². The Hall–Kier alpha value is -1.84. The van der Waals surface area contributed by atoms with E-state index in [9.17, 15) is 23.4 Å². The number of carbonyl (C=O) groups is 1. The number of rotatable bonds is 5. The molecule has 3 N–H and O–H groups in total. The van der Waals surface area contributed by atoms with Crippen LogP contribution in [0.25, 0.3) is 0 Å². The minimum atomic E-state index is -4.08. The molecular formula is C33H49NO7S. The van der Waals surface area contributed by atoms with Crippen LogP contribution in [0.15, 0.2) is 23.1 Å². The monoisotopic (exact) mass is 603 g/mol. The van der Waals surface area contributed by atoms with Crippen molar-refractivity contribution in [3.05, 3.63) is 23.8 Å². The van der Waals surface area contributed by atoms with Gasteiger partial charge in [-0.2, -0.15) is 0 Å². The maximum Gasteiger partial charge on any atom is 0.421 e. The zero-order chi connectivity index (χ0) is 30.2. The minimum Gasteiger partial charge on any atom is -0.487 e. The number of nitrogens with one attached hydrogen (secondary N) is 1. The van der Waals surface area contributed by atoms with Gasteiger partial charge in [-0.05, 0) is 135 Å². The summed E-state index contributed by atoms with van der Waals surface area (Å²) < 4.78 is 39.4. The Morgan fingerprint density at radius 1 is 1.05 bits per heavy atom. The lowest BCUT2D eigenvalue weighted by Crippen LogP contribution is -2.58. The largest absolute Gasteiger partial charge is 0.487 e. The zero-order valence-electron chi connectivity index (χ0n) is 25.8. The predicted octanol–water partition coefficient (Wildman–Crippen LogP) is 5.44. The smallest absolute Gasteiger partial charge is 0.421 e. The summed E-state index contributed by atoms with van der Waals surface area (Å²) in [7, 11) is -4.08. The lowest BCUT2D eigenvalue weighted by Gasteiger charge is -2.62. The third-order valence-electron chi connectivity index (χ3n) is 12.5. The molecule has 0 unspecified atom stereocenters. The molecule has 42 heavy (non-hydrogen) atoms. The van der Waals surface area contributed by atoms with Gasteiger partial charge in [-0.3, -0.25) is 0 Å². The van der Waals surface area contributed by atoms with E-state index in [1.807, 2.05) is 13.8 Å². The summed E-state index contributed by atoms with van der Waals surface area (Å²) in [6, 6.07) is 4.65. The van der Waals surface area contributed by atoms with Gasteiger partial charge in [0.15, 0.2) is 0 Å². The molecule has 6 rings (SSSR count). The van der Waals surface area contributed by atoms with Crippen LogP contribution in [0, 0.1) is 46.3 Å². The fourth-order valence-corrected chi connectivity index (χ4v) is 11.4. The molecule has 0 aromatic heterocycles. The number of ether oxygens (including phenoxy) is 2. The van der Waals surface area contributed by atoms with Crippen molar-refractivity contribution in [2.75, 3.05) is 6.61 Å². The number of carbonyl (C=O) groups excluding carboxylic acids is 1. The van der Waals surface area contributed by atoms with Crippen LogP contribution < -0.4 is 9.46 Å². The third-order valence-corrected chi connectivity index (χ3v) is 13.8. The number of fused-ring (bicyclic) bond motifs is 6. The summed E-state index contributed by atoms with van der Waals surface area (Å²) in [5, 5.41) is 21.8. The van der Waals surface area contributed by atoms with Crippen LogP contribution in [0.5, 0.6) is 5.75 Å². The highest BCUT2D eigenvalue weighted by atomic mass is 32.2. The second-order valence-corrected chi connectivity index (χ2v) is 17.1. The van der Waals surface area contributed by atoms with Crippen LogP contribution in [0.4, 0.5) is 4.79 Å². The summed E-state index contributed by atoms with van der Waals surface area (Å²) in [6.07, 6.45) is 6.83. The molecule has 1 aromatic rings. The van der Waals surface area contributed by atoms with Gasteiger partial charge >= 0.3 is 6.09 Å². The standard InChI is InChI=1S/C33H49NO7S/c1-19(18-40-30(37)34-42(38,39)23-6-9-28-20(14-23)17-31(2,3)41-28)24-7-8-25-29-26(11-13-33(24,25)5)32(4)12-10-22(35)15-21(32)16-27(29)36/h6,9,14,19,21-22,24-27,29,35-36H,7-8,10-13,15-18H2,1-5H3,(H,34,37)/t19-,21+,22-,24-,25+,26+,27-,29+,32+,33-/m1/s1. The molecule has 9 heteroatoms. The summed E-state index contributed by atoms with van der Waals surface area (Å²) in [6.45, 7) is 10.9. The van der Waals surface area contributed by atoms with E-state index in [-0.39, 0.29) is 46.4 Å². The number of hydrogen-bond acceptors (Lipinski definition) is 7. The van der Waals surface area contributed by atoms with Crippen molar-refractivity contribution in [3.63, 3.8) is 0 Å². The molecule has 4 saturated carbocycles. The van der Waals surface area contributed by atoms with Gasteiger partial charge < -0.3 is 19.7 Å². The minimum absolute atomic E-state index is 0.0184. The molecule has 10 atom stereocenters. The first kappa shape index (κ1) is 30.2. The molecule has 0 spiro atoms. The van der Waals surface area contributed by atoms with E-state index < -0.39 is 21.7 Å². The van der Waals surface area contributed by atoms with Crippen molar-refractivity contribution >= 4 is 16.1 Å². The first-order valence-corrected chi connectivity index (χ1v) is 17.5. The maximum absolute atomic E-state index is 13.0. The average Bonchev–Trinajstić information content (AvgIpc) is 3.42. The van der Waals surface area contributed by atoms with Crippen LogP contribution in [-0.2, 0) is 21.2 Å². The Morgan fingerprint density at radius 2 is 1.76 bits per heavy atom. The van der Waals surface area contributed by atoms with E-state index in [1.54, 1.807) is 12.1 Å². The van der Waals surface area contributed by atoms with E-state index >= 15 is 0 Å². The molecule has 5 aliphatic rings. The number of hydrogen-bond donors (Lipinski definition) is 3. The maximum atomic E-state index is 13.0. The highest BCUT2D eigenvalue weighted by Crippen LogP contribution is 2.68. The number of sulfonamides is 1. The van der Waals surface area contributed by atoms with E-state index in [1.165, 1.54) is 6.07 Å². The summed E-state index contributed by atoms with van der Waals surface area (Å²) in [5.74, 6) is 2.63. The van der Waals surface area contributed by atoms with Crippen molar-refractivity contribution < 1.29 is 32.9 Å². The highest BCUT2D eigenvalue weighted by molar-refractivity contribution is 7.90. The molecule has 1 aromatic carbocycles. The van der Waals surface area contributed by atoms with Gasteiger partial charge in [0.25, 0.3) is 10.0 Å². The Kier molecular flexibility index (Phi) is 7.45. The summed E-state index contributed by atoms with van der Waals surface area (Å²) in [5.41, 5.74) is 0.642. The van der Waals surface area contributed by atoms with Gasteiger partial charge in [0.05, 0.1) is 23.7 Å². The van der Waals surface area contributed by atoms with Crippen molar-refractivity contribution in [2.45, 2.75) is 115 Å². The second-order valence-electron chi connectivity index (χ2n) is 15.4. The van der Waals surface area contributed by atoms with E-state index in [0.717, 1.165) is 56.9 Å². The van der Waals surface area contributed by atoms with Crippen LogP contribution in [0.2, 0.25) is 0 Å². The molecule has 4 aliphatic carbocycles. The molecule has 0 radical (unpaired) electrons. The van der Waals surface area contributed by atoms with Crippen molar-refractivity contribution in [1.82, 2.24) is 4.72 Å². The number of aliphatic hydroxyl groups excluding tert-OH is 2. The third kappa shape index (κ3) is 5.05. The predicted molar refractivity (Wildman–Crippen MR) is 158 cm³/mol. The molecule has 1 aliphatic heterocycles. The van der Waals surface area contributed by atoms with Gasteiger partial charge in [0.1, 0.15) is 11.4 Å². The molecule has 1 amide bonds. The van der Waals surface area contributed by atoms with Crippen molar-refractivity contribution in [3.8, 4) is 5.75 Å². The number of aliphatic hydroxyl groups is 2. The molecular weight excluding hydrogens is 554 g/mol. The van der Waals surface area contributed by atoms with Crippen LogP contribution in [0.1, 0.15) is 91.5 Å². The van der Waals surface area contributed by atoms with Gasteiger partial charge in [0.2, 0.25) is 0 Å². The Morgan fingerprint density at radius 3 is 2.52 bits per heavy atom. The fourth-order valence-electron chi connectivity index (χ4n) is 10.4. The SMILES string of the molecule is C[C@H](COC(=O)NS(=O)(=O)c1ccc2c(c1)CC(C)(C)O2)[C@H]1CC[C@H]2[C@@H]3[C@H](O)C[C@@H]4C[C@H](O)CC[C@]4(C)[C@H]3CC[C@]12C. The normalized spacial score (nSPS) is 41.0. The first-order valence-electron chi connectivity index (χ1n) is 16.0. The van der Waals surface area contributed by atoms with Crippen molar-refractivity contribution in [1.29, 1.82) is 0 Å². The highest BCUT2D eigenvalue weighted by Gasteiger charge is 2.63. The number of benzene rings is 1. The Balaban J connectivity index is 1.08. The molecule has 4 fully saturated rings. The van der Waals surface area contributed by atoms with Gasteiger partial charge in [0, 0.05) is 6.42 Å². The Labute approximate surface area is 251 Å². The summed E-state index contributed by atoms with van der Waals surface area (Å²) in [4.78, 5) is 12.7. The van der Waals surface area contributed by atoms with Crippen LogP contribution >= 0.6 is 0 Å². The molecule has 1 heterocycles. The van der Waals surface area contributed by atoms with Gasteiger partial charge in [-0.25, -0.2) is 17.9 Å². The first-order chi connectivity index (χ1) is 19.6. The fraction of sp³-hybridized carbons (Fsp3) is 0.788. The van der Waals surface area contributed by atoms with Gasteiger partial charge in [-0.1, -0.05) is 20.8 Å². The van der Waals surface area contributed by atoms with E-state index in [0.29, 0.717) is 35.8 Å². The molecule has 0 saturated heterocycles. The van der Waals surface area contributed by atoms with E-state index in [4.69, 9.17) is 9.47 Å². The Bertz CT molecular complexity index is 1330. The zero-order valence-corrected chi connectivity index (χ0v) is 26.6.